The zero-order valence-corrected chi connectivity index (χ0v) is 19.4. The third-order valence-corrected chi connectivity index (χ3v) is 2.00. The van der Waals surface area contributed by atoms with E-state index in [1.54, 1.807) is 12.4 Å². The number of azo groups is 2. The second kappa shape index (κ2) is 11.7. The van der Waals surface area contributed by atoms with Crippen molar-refractivity contribution in [2.24, 2.45) is 31.3 Å². The van der Waals surface area contributed by atoms with Crippen LogP contribution in [-0.4, -0.2) is 11.1 Å². The first kappa shape index (κ1) is 29.0. The molecule has 0 unspecified atom stereocenters. The summed E-state index contributed by atoms with van der Waals surface area (Å²) >= 11 is 0. The zero-order chi connectivity index (χ0) is 19.7. The van der Waals surface area contributed by atoms with Crippen molar-refractivity contribution >= 4 is 0 Å². The van der Waals surface area contributed by atoms with Crippen molar-refractivity contribution in [1.29, 1.82) is 0 Å². The van der Waals surface area contributed by atoms with E-state index < -0.39 is 0 Å². The predicted molar refractivity (Wildman–Crippen MR) is 106 cm³/mol. The van der Waals surface area contributed by atoms with E-state index in [0.717, 1.165) is 0 Å². The maximum Gasteiger partial charge on any atom is 0.0736 e. The van der Waals surface area contributed by atoms with Crippen LogP contribution in [0, 0.1) is 10.8 Å². The van der Waals surface area contributed by atoms with Crippen LogP contribution in [0.5, 0.6) is 0 Å². The second-order valence-corrected chi connectivity index (χ2v) is 10.1. The molecule has 0 atom stereocenters. The molecule has 4 nitrogen and oxygen atoms in total. The van der Waals surface area contributed by atoms with E-state index in [1.165, 1.54) is 0 Å². The van der Waals surface area contributed by atoms with Gasteiger partial charge in [-0.1, -0.05) is 53.7 Å². The molecule has 0 aliphatic carbocycles. The first-order chi connectivity index (χ1) is 10.4. The van der Waals surface area contributed by atoms with E-state index >= 15 is 0 Å². The molecule has 0 saturated heterocycles. The van der Waals surface area contributed by atoms with Crippen molar-refractivity contribution in [1.82, 2.24) is 0 Å². The predicted octanol–water partition coefficient (Wildman–Crippen LogP) is 7.59. The quantitative estimate of drug-likeness (QED) is 0.342. The summed E-state index contributed by atoms with van der Waals surface area (Å²) in [5.41, 5.74) is 0.248. The Balaban J connectivity index is -0.000000372. The SMILES string of the molecule is CC(C)(C)C=CN=NC(C)(C)C.CC(C)(C)C=CN=NC(C)(C)C.[Ni]. The molecule has 25 heavy (non-hydrogen) atoms. The van der Waals surface area contributed by atoms with Gasteiger partial charge in [-0.2, -0.15) is 20.5 Å². The van der Waals surface area contributed by atoms with Gasteiger partial charge in [-0.15, -0.1) is 0 Å². The van der Waals surface area contributed by atoms with Gasteiger partial charge < -0.3 is 0 Å². The molecule has 0 saturated carbocycles. The normalized spacial score (nSPS) is 14.2. The number of nitrogens with zero attached hydrogens (tertiary/aromatic N) is 4. The third-order valence-electron chi connectivity index (χ3n) is 2.00. The summed E-state index contributed by atoms with van der Waals surface area (Å²) in [4.78, 5) is 0. The van der Waals surface area contributed by atoms with Gasteiger partial charge in [0.1, 0.15) is 0 Å². The van der Waals surface area contributed by atoms with Gasteiger partial charge in [0.25, 0.3) is 0 Å². The van der Waals surface area contributed by atoms with Crippen LogP contribution in [0.4, 0.5) is 0 Å². The Kier molecular flexibility index (Phi) is 13.6. The fraction of sp³-hybridized carbons (Fsp3) is 0.800. The van der Waals surface area contributed by atoms with Gasteiger partial charge in [-0.05, 0) is 52.4 Å². The van der Waals surface area contributed by atoms with Gasteiger partial charge in [0, 0.05) is 28.9 Å². The molecule has 150 valence electrons. The molecular weight excluding hydrogens is 355 g/mol. The standard InChI is InChI=1S/2C10H20N2.Ni/c2*1-9(2,3)7-8-11-12-10(4,5)6;/h2*7-8H,1-6H3;. The van der Waals surface area contributed by atoms with Crippen LogP contribution in [-0.2, 0) is 16.5 Å². The summed E-state index contributed by atoms with van der Waals surface area (Å²) in [5, 5.41) is 16.1. The van der Waals surface area contributed by atoms with Crippen LogP contribution >= 0.6 is 0 Å². The van der Waals surface area contributed by atoms with E-state index in [2.05, 4.69) is 62.0 Å². The molecule has 0 amide bonds. The van der Waals surface area contributed by atoms with Gasteiger partial charge in [0.15, 0.2) is 0 Å². The summed E-state index contributed by atoms with van der Waals surface area (Å²) in [6.07, 6.45) is 7.63. The Bertz CT molecular complexity index is 360. The molecule has 0 radical (unpaired) electrons. The largest absolute Gasteiger partial charge is 0.183 e. The molecule has 0 aromatic rings. The molecule has 0 rings (SSSR count). The molecule has 0 bridgehead atoms. The van der Waals surface area contributed by atoms with E-state index in [1.807, 2.05) is 53.7 Å². The summed E-state index contributed by atoms with van der Waals surface area (Å²) < 4.78 is 0. The number of hydrogen-bond donors (Lipinski definition) is 0. The number of rotatable bonds is 2. The second-order valence-electron chi connectivity index (χ2n) is 10.1. The minimum Gasteiger partial charge on any atom is -0.183 e. The average molecular weight is 395 g/mol. The topological polar surface area (TPSA) is 49.4 Å². The first-order valence-electron chi connectivity index (χ1n) is 8.61. The molecule has 5 heteroatoms. The summed E-state index contributed by atoms with van der Waals surface area (Å²) in [7, 11) is 0. The van der Waals surface area contributed by atoms with Crippen LogP contribution in [0.2, 0.25) is 0 Å². The van der Waals surface area contributed by atoms with Crippen LogP contribution in [0.15, 0.2) is 45.0 Å². The smallest absolute Gasteiger partial charge is 0.0736 e. The minimum atomic E-state index is -0.0672. The van der Waals surface area contributed by atoms with Gasteiger partial charge in [0.05, 0.1) is 11.1 Å². The van der Waals surface area contributed by atoms with Gasteiger partial charge in [-0.3, -0.25) is 0 Å². The zero-order valence-electron chi connectivity index (χ0n) is 18.4. The van der Waals surface area contributed by atoms with Gasteiger partial charge in [0.2, 0.25) is 0 Å². The van der Waals surface area contributed by atoms with E-state index in [-0.39, 0.29) is 38.4 Å². The Hall–Kier alpha value is -0.826. The number of hydrogen-bond acceptors (Lipinski definition) is 4. The van der Waals surface area contributed by atoms with Crippen LogP contribution in [0.3, 0.4) is 0 Å². The molecule has 0 aromatic carbocycles. The summed E-state index contributed by atoms with van der Waals surface area (Å²) in [6.45, 7) is 25.0. The van der Waals surface area contributed by atoms with Crippen molar-refractivity contribution in [2.75, 3.05) is 0 Å². The minimum absolute atomic E-state index is 0. The van der Waals surface area contributed by atoms with Crippen LogP contribution < -0.4 is 0 Å². The molecule has 0 aliphatic rings. The van der Waals surface area contributed by atoms with Crippen molar-refractivity contribution in [2.45, 2.75) is 94.2 Å². The van der Waals surface area contributed by atoms with Gasteiger partial charge >= 0.3 is 0 Å². The molecule has 0 spiro atoms. The fourth-order valence-electron chi connectivity index (χ4n) is 0.927. The maximum absolute atomic E-state index is 4.10. The monoisotopic (exact) mass is 394 g/mol. The van der Waals surface area contributed by atoms with E-state index in [0.29, 0.717) is 0 Å². The Morgan fingerprint density at radius 1 is 0.480 bits per heavy atom. The first-order valence-corrected chi connectivity index (χ1v) is 8.61. The van der Waals surface area contributed by atoms with Crippen molar-refractivity contribution in [3.8, 4) is 0 Å². The summed E-state index contributed by atoms with van der Waals surface area (Å²) in [5.74, 6) is 0. The Morgan fingerprint density at radius 2 is 0.720 bits per heavy atom. The molecular formula is C20H40N4Ni. The van der Waals surface area contributed by atoms with Crippen molar-refractivity contribution in [3.05, 3.63) is 24.6 Å². The Morgan fingerprint density at radius 3 is 0.880 bits per heavy atom. The van der Waals surface area contributed by atoms with E-state index in [4.69, 9.17) is 0 Å². The fourth-order valence-corrected chi connectivity index (χ4v) is 0.927. The van der Waals surface area contributed by atoms with Crippen LogP contribution in [0.25, 0.3) is 0 Å². The molecule has 0 heterocycles. The number of allylic oxidation sites excluding steroid dienone is 2. The van der Waals surface area contributed by atoms with Crippen molar-refractivity contribution < 1.29 is 16.5 Å². The Labute approximate surface area is 166 Å². The summed E-state index contributed by atoms with van der Waals surface area (Å²) in [6, 6.07) is 0. The van der Waals surface area contributed by atoms with E-state index in [9.17, 15) is 0 Å². The molecule has 0 aliphatic heterocycles. The van der Waals surface area contributed by atoms with Crippen LogP contribution in [0.1, 0.15) is 83.1 Å². The third kappa shape index (κ3) is 35.2. The average Bonchev–Trinajstić information content (AvgIpc) is 2.27. The molecule has 0 N–H and O–H groups in total. The van der Waals surface area contributed by atoms with Crippen molar-refractivity contribution in [3.63, 3.8) is 0 Å². The molecule has 0 aromatic heterocycles. The molecule has 0 fully saturated rings. The van der Waals surface area contributed by atoms with Gasteiger partial charge in [-0.25, -0.2) is 0 Å². The maximum atomic E-state index is 4.10.